The van der Waals surface area contributed by atoms with Crippen molar-refractivity contribution in [1.82, 2.24) is 0 Å². The Morgan fingerprint density at radius 1 is 0.789 bits per heavy atom. The number of fused-ring (bicyclic) bond motifs is 5. The van der Waals surface area contributed by atoms with Crippen molar-refractivity contribution in [2.45, 2.75) is 239 Å². The lowest BCUT2D eigenvalue weighted by molar-refractivity contribution is -0.313. The molecule has 0 unspecified atom stereocenters. The fraction of sp³-hybridized carbons (Fsp3) is 0.940. The Balaban J connectivity index is 1.04. The number of unbranched alkanes of at least 4 members (excludes halogenated alkanes) is 12. The van der Waals surface area contributed by atoms with E-state index in [0.717, 1.165) is 80.5 Å². The Morgan fingerprint density at radius 3 is 2.09 bits per heavy atom. The van der Waals surface area contributed by atoms with Gasteiger partial charge in [-0.2, -0.15) is 0 Å². The third-order valence-corrected chi connectivity index (χ3v) is 16.9. The molecule has 0 spiro atoms. The van der Waals surface area contributed by atoms with Crippen LogP contribution in [0.25, 0.3) is 0 Å². The first-order chi connectivity index (χ1) is 27.3. The van der Waals surface area contributed by atoms with E-state index < -0.39 is 30.7 Å². The summed E-state index contributed by atoms with van der Waals surface area (Å²) in [6, 6.07) is 0. The quantitative estimate of drug-likeness (QED) is 0.0537. The zero-order valence-electron chi connectivity index (χ0n) is 37.7. The van der Waals surface area contributed by atoms with E-state index in [1.807, 2.05) is 0 Å². The van der Waals surface area contributed by atoms with Crippen molar-refractivity contribution >= 4 is 5.97 Å². The molecule has 3 N–H and O–H groups in total. The third kappa shape index (κ3) is 11.9. The van der Waals surface area contributed by atoms with Crippen molar-refractivity contribution < 1.29 is 34.3 Å². The minimum Gasteiger partial charge on any atom is -0.463 e. The summed E-state index contributed by atoms with van der Waals surface area (Å²) in [6.07, 6.45) is 24.8. The average Bonchev–Trinajstić information content (AvgIpc) is 3.55. The number of aliphatic hydroxyl groups is 3. The standard InChI is InChI=1S/C50H88O7/c1-8-9-10-11-12-13-14-15-16-17-18-19-20-21-44(51)55-33-43-45(52)46(53)47(54)48(57-43)56-38-28-30-49(6)37(32-38)24-25-39-41-27-26-40(50(41,7)31-29-42(39)49)36(5)23-22-35(4)34(2)3/h24,34-36,38-43,45-48,52-54H,8-23,25-33H2,1-7H3/t35-,36+,38-,39-,40+,41-,42-,43+,45+,46-,47+,48+,49-,50+/m0/s1. The van der Waals surface area contributed by atoms with Crippen LogP contribution in [0.5, 0.6) is 0 Å². The van der Waals surface area contributed by atoms with E-state index in [-0.39, 0.29) is 24.1 Å². The molecule has 14 atom stereocenters. The number of hydrogen-bond acceptors (Lipinski definition) is 7. The molecule has 1 heterocycles. The lowest BCUT2D eigenvalue weighted by Crippen LogP contribution is -2.60. The molecule has 4 aliphatic carbocycles. The molecule has 7 heteroatoms. The van der Waals surface area contributed by atoms with E-state index >= 15 is 0 Å². The minimum atomic E-state index is -1.44. The summed E-state index contributed by atoms with van der Waals surface area (Å²) in [5.74, 6) is 5.17. The Hall–Kier alpha value is -0.990. The third-order valence-electron chi connectivity index (χ3n) is 16.9. The van der Waals surface area contributed by atoms with Crippen LogP contribution in [0.1, 0.15) is 203 Å². The maximum atomic E-state index is 12.6. The monoisotopic (exact) mass is 801 g/mol. The van der Waals surface area contributed by atoms with E-state index in [2.05, 4.69) is 54.5 Å². The summed E-state index contributed by atoms with van der Waals surface area (Å²) in [5, 5.41) is 32.5. The normalized spacial score (nSPS) is 37.6. The van der Waals surface area contributed by atoms with Crippen molar-refractivity contribution in [2.75, 3.05) is 6.61 Å². The second-order valence-corrected chi connectivity index (χ2v) is 21.0. The smallest absolute Gasteiger partial charge is 0.305 e. The maximum Gasteiger partial charge on any atom is 0.305 e. The molecule has 3 saturated carbocycles. The number of allylic oxidation sites excluding steroid dienone is 1. The van der Waals surface area contributed by atoms with Crippen LogP contribution < -0.4 is 0 Å². The van der Waals surface area contributed by atoms with E-state index in [1.54, 1.807) is 0 Å². The molecule has 0 aromatic rings. The summed E-state index contributed by atoms with van der Waals surface area (Å²) < 4.78 is 18.0. The minimum absolute atomic E-state index is 0.138. The van der Waals surface area contributed by atoms with Gasteiger partial charge < -0.3 is 29.5 Å². The summed E-state index contributed by atoms with van der Waals surface area (Å²) in [4.78, 5) is 12.6. The van der Waals surface area contributed by atoms with Gasteiger partial charge in [-0.1, -0.05) is 150 Å². The van der Waals surface area contributed by atoms with Crippen LogP contribution in [0.4, 0.5) is 0 Å². The van der Waals surface area contributed by atoms with E-state index in [9.17, 15) is 20.1 Å². The molecule has 0 bridgehead atoms. The Kier molecular flexibility index (Phi) is 18.3. The summed E-state index contributed by atoms with van der Waals surface area (Å²) >= 11 is 0. The van der Waals surface area contributed by atoms with Crippen molar-refractivity contribution in [3.8, 4) is 0 Å². The molecule has 0 aromatic carbocycles. The predicted octanol–water partition coefficient (Wildman–Crippen LogP) is 11.5. The molecule has 330 valence electrons. The Bertz CT molecular complexity index is 1230. The van der Waals surface area contributed by atoms with Gasteiger partial charge in [0.1, 0.15) is 31.0 Å². The van der Waals surface area contributed by atoms with Crippen LogP contribution in [-0.4, -0.2) is 64.7 Å². The van der Waals surface area contributed by atoms with Gasteiger partial charge in [0.2, 0.25) is 0 Å². The zero-order valence-corrected chi connectivity index (χ0v) is 37.7. The van der Waals surface area contributed by atoms with Gasteiger partial charge in [-0.15, -0.1) is 0 Å². The van der Waals surface area contributed by atoms with E-state index in [1.165, 1.54) is 108 Å². The van der Waals surface area contributed by atoms with Crippen LogP contribution in [-0.2, 0) is 19.0 Å². The van der Waals surface area contributed by atoms with Gasteiger partial charge in [0, 0.05) is 6.42 Å². The molecule has 1 aliphatic heterocycles. The summed E-state index contributed by atoms with van der Waals surface area (Å²) in [6.45, 7) is 17.0. The first-order valence-corrected chi connectivity index (χ1v) is 24.5. The van der Waals surface area contributed by atoms with Crippen LogP contribution >= 0.6 is 0 Å². The number of carbonyl (C=O) groups excluding carboxylic acids is 1. The number of hydrogen-bond donors (Lipinski definition) is 3. The van der Waals surface area contributed by atoms with Crippen LogP contribution in [0.3, 0.4) is 0 Å². The Labute approximate surface area is 349 Å². The average molecular weight is 801 g/mol. The molecule has 4 fully saturated rings. The molecule has 0 radical (unpaired) electrons. The molecule has 5 rings (SSSR count). The largest absolute Gasteiger partial charge is 0.463 e. The van der Waals surface area contributed by atoms with E-state index in [0.29, 0.717) is 17.8 Å². The van der Waals surface area contributed by atoms with Crippen molar-refractivity contribution in [2.24, 2.45) is 52.3 Å². The van der Waals surface area contributed by atoms with Crippen LogP contribution in [0, 0.1) is 52.3 Å². The second kappa shape index (κ2) is 22.2. The lowest BCUT2D eigenvalue weighted by atomic mass is 9.47. The Morgan fingerprint density at radius 2 is 1.44 bits per heavy atom. The van der Waals surface area contributed by atoms with Gasteiger partial charge in [0.05, 0.1) is 6.10 Å². The highest BCUT2D eigenvalue weighted by Crippen LogP contribution is 2.67. The van der Waals surface area contributed by atoms with Gasteiger partial charge in [-0.25, -0.2) is 0 Å². The number of esters is 1. The molecule has 57 heavy (non-hydrogen) atoms. The van der Waals surface area contributed by atoms with Crippen molar-refractivity contribution in [1.29, 1.82) is 0 Å². The number of carbonyl (C=O) groups is 1. The number of ether oxygens (including phenoxy) is 3. The number of aliphatic hydroxyl groups excluding tert-OH is 3. The van der Waals surface area contributed by atoms with Gasteiger partial charge in [-0.05, 0) is 110 Å². The summed E-state index contributed by atoms with van der Waals surface area (Å²) in [5.41, 5.74) is 2.13. The maximum absolute atomic E-state index is 12.6. The van der Waals surface area contributed by atoms with Gasteiger partial charge in [-0.3, -0.25) is 4.79 Å². The number of rotatable bonds is 23. The highest BCUT2D eigenvalue weighted by atomic mass is 16.7. The lowest BCUT2D eigenvalue weighted by Gasteiger charge is -2.58. The first kappa shape index (κ1) is 47.1. The molecular weight excluding hydrogens is 713 g/mol. The second-order valence-electron chi connectivity index (χ2n) is 21.0. The molecule has 5 aliphatic rings. The molecular formula is C50H88O7. The van der Waals surface area contributed by atoms with Crippen molar-refractivity contribution in [3.63, 3.8) is 0 Å². The highest BCUT2D eigenvalue weighted by Gasteiger charge is 2.59. The molecule has 0 aromatic heterocycles. The highest BCUT2D eigenvalue weighted by molar-refractivity contribution is 5.69. The molecule has 1 saturated heterocycles. The predicted molar refractivity (Wildman–Crippen MR) is 230 cm³/mol. The topological polar surface area (TPSA) is 105 Å². The van der Waals surface area contributed by atoms with Crippen LogP contribution in [0.15, 0.2) is 11.6 Å². The van der Waals surface area contributed by atoms with Gasteiger partial charge in [0.25, 0.3) is 0 Å². The zero-order chi connectivity index (χ0) is 41.2. The van der Waals surface area contributed by atoms with Crippen molar-refractivity contribution in [3.05, 3.63) is 11.6 Å². The SMILES string of the molecule is CCCCCCCCCCCCCCCC(=O)OC[C@H]1O[C@@H](O[C@H]2CC[C@@]3(C)C(=CC[C@H]4[C@@H]5CC[C@H]([C@H](C)CC[C@H](C)C(C)C)[C@@]5(C)CC[C@@H]43)C2)[C@H](O)[C@@H](O)[C@@H]1O. The fourth-order valence-electron chi connectivity index (χ4n) is 12.7. The first-order valence-electron chi connectivity index (χ1n) is 24.5. The summed E-state index contributed by atoms with van der Waals surface area (Å²) in [7, 11) is 0. The molecule has 7 nitrogen and oxygen atoms in total. The van der Waals surface area contributed by atoms with E-state index in [4.69, 9.17) is 14.2 Å². The molecule has 0 amide bonds. The van der Waals surface area contributed by atoms with Gasteiger partial charge in [0.15, 0.2) is 6.29 Å². The van der Waals surface area contributed by atoms with Gasteiger partial charge >= 0.3 is 5.97 Å². The fourth-order valence-corrected chi connectivity index (χ4v) is 12.7. The van der Waals surface area contributed by atoms with Crippen LogP contribution in [0.2, 0.25) is 0 Å².